The number of hydrogen-bond acceptors (Lipinski definition) is 5. The lowest BCUT2D eigenvalue weighted by atomic mass is 10.2. The molecule has 1 aliphatic rings. The summed E-state index contributed by atoms with van der Waals surface area (Å²) in [6.45, 7) is 8.56. The Bertz CT molecular complexity index is 1100. The number of morpholine rings is 1. The first kappa shape index (κ1) is 24.3. The van der Waals surface area contributed by atoms with Crippen molar-refractivity contribution in [2.75, 3.05) is 46.5 Å². The number of aromatic nitrogens is 1. The largest absolute Gasteiger partial charge is 0.484 e. The fourth-order valence-corrected chi connectivity index (χ4v) is 4.58. The van der Waals surface area contributed by atoms with Crippen LogP contribution in [0.4, 0.5) is 0 Å². The first-order chi connectivity index (χ1) is 16.4. The number of para-hydroxylation sites is 1. The molecule has 1 amide bonds. The highest BCUT2D eigenvalue weighted by Gasteiger charge is 2.18. The van der Waals surface area contributed by atoms with Crippen LogP contribution in [0, 0.1) is 13.8 Å². The minimum absolute atomic E-state index is 0.0120. The summed E-state index contributed by atoms with van der Waals surface area (Å²) in [6.07, 6.45) is -0.479. The Morgan fingerprint density at radius 3 is 2.56 bits per heavy atom. The van der Waals surface area contributed by atoms with E-state index in [2.05, 4.69) is 41.5 Å². The lowest BCUT2D eigenvalue weighted by Crippen LogP contribution is -2.42. The maximum atomic E-state index is 12.2. The summed E-state index contributed by atoms with van der Waals surface area (Å²) in [5, 5.41) is 12.0. The molecule has 2 heterocycles. The summed E-state index contributed by atoms with van der Waals surface area (Å²) in [7, 11) is 2.01. The quantitative estimate of drug-likeness (QED) is 0.526. The molecule has 182 valence electrons. The van der Waals surface area contributed by atoms with Crippen molar-refractivity contribution in [3.05, 3.63) is 65.4 Å². The Morgan fingerprint density at radius 1 is 1.12 bits per heavy atom. The highest BCUT2D eigenvalue weighted by molar-refractivity contribution is 5.85. The molecule has 7 nitrogen and oxygen atoms in total. The van der Waals surface area contributed by atoms with Crippen molar-refractivity contribution >= 4 is 16.8 Å². The highest BCUT2D eigenvalue weighted by atomic mass is 16.5. The number of benzene rings is 2. The number of ether oxygens (including phenoxy) is 2. The van der Waals surface area contributed by atoms with E-state index in [0.717, 1.165) is 5.56 Å². The van der Waals surface area contributed by atoms with Crippen LogP contribution in [-0.4, -0.2) is 78.0 Å². The average molecular weight is 466 g/mol. The maximum Gasteiger partial charge on any atom is 0.260 e. The second-order valence-electron chi connectivity index (χ2n) is 9.11. The maximum absolute atomic E-state index is 12.2. The van der Waals surface area contributed by atoms with Gasteiger partial charge < -0.3 is 24.0 Å². The van der Waals surface area contributed by atoms with Gasteiger partial charge in [0.25, 0.3) is 5.91 Å². The molecule has 1 aromatic heterocycles. The highest BCUT2D eigenvalue weighted by Crippen LogP contribution is 2.25. The van der Waals surface area contributed by atoms with Gasteiger partial charge in [-0.05, 0) is 50.2 Å². The molecule has 0 saturated carbocycles. The van der Waals surface area contributed by atoms with E-state index in [1.54, 1.807) is 4.90 Å². The van der Waals surface area contributed by atoms with E-state index < -0.39 is 6.10 Å². The van der Waals surface area contributed by atoms with Gasteiger partial charge in [-0.2, -0.15) is 0 Å². The molecule has 1 aliphatic heterocycles. The molecular weight excluding hydrogens is 430 g/mol. The summed E-state index contributed by atoms with van der Waals surface area (Å²) in [4.78, 5) is 16.1. The van der Waals surface area contributed by atoms with Crippen LogP contribution >= 0.6 is 0 Å². The lowest BCUT2D eigenvalue weighted by molar-refractivity contribution is -0.137. The van der Waals surface area contributed by atoms with Crippen LogP contribution in [0.3, 0.4) is 0 Å². The van der Waals surface area contributed by atoms with Gasteiger partial charge in [-0.1, -0.05) is 30.3 Å². The Kier molecular flexibility index (Phi) is 7.88. The van der Waals surface area contributed by atoms with E-state index in [1.165, 1.54) is 22.2 Å². The Labute approximate surface area is 201 Å². The van der Waals surface area contributed by atoms with Gasteiger partial charge in [-0.3, -0.25) is 9.69 Å². The van der Waals surface area contributed by atoms with Gasteiger partial charge in [0.2, 0.25) is 0 Å². The van der Waals surface area contributed by atoms with Gasteiger partial charge in [0, 0.05) is 42.8 Å². The van der Waals surface area contributed by atoms with Crippen molar-refractivity contribution in [3.8, 4) is 5.75 Å². The van der Waals surface area contributed by atoms with Crippen LogP contribution in [-0.2, 0) is 22.6 Å². The van der Waals surface area contributed by atoms with Gasteiger partial charge >= 0.3 is 0 Å². The van der Waals surface area contributed by atoms with E-state index >= 15 is 0 Å². The van der Waals surface area contributed by atoms with Gasteiger partial charge in [-0.15, -0.1) is 0 Å². The first-order valence-electron chi connectivity index (χ1n) is 11.9. The van der Waals surface area contributed by atoms with Crippen LogP contribution in [0.15, 0.2) is 48.5 Å². The van der Waals surface area contributed by atoms with Crippen molar-refractivity contribution in [2.45, 2.75) is 33.0 Å². The monoisotopic (exact) mass is 465 g/mol. The van der Waals surface area contributed by atoms with Crippen LogP contribution < -0.4 is 4.74 Å². The minimum atomic E-state index is -0.479. The third-order valence-corrected chi connectivity index (χ3v) is 6.56. The Hall–Kier alpha value is -2.87. The van der Waals surface area contributed by atoms with Crippen LogP contribution in [0.25, 0.3) is 10.9 Å². The van der Waals surface area contributed by atoms with E-state index in [-0.39, 0.29) is 12.5 Å². The molecule has 0 spiro atoms. The molecule has 0 bridgehead atoms. The standard InChI is InChI=1S/C27H35N3O4/c1-20-21(2)30(26-7-5-4-6-25(20)26)18-23(31)17-28(3)16-22-8-10-24(11-9-22)34-19-27(32)29-12-14-33-15-13-29/h4-11,23,31H,12-19H2,1-3H3. The number of aryl methyl sites for hydroxylation is 1. The van der Waals surface area contributed by atoms with Crippen LogP contribution in [0.1, 0.15) is 16.8 Å². The summed E-state index contributed by atoms with van der Waals surface area (Å²) in [5.74, 6) is 0.667. The second-order valence-corrected chi connectivity index (χ2v) is 9.11. The molecule has 2 aromatic carbocycles. The summed E-state index contributed by atoms with van der Waals surface area (Å²) < 4.78 is 13.2. The van der Waals surface area contributed by atoms with Gasteiger partial charge in [-0.25, -0.2) is 0 Å². The number of nitrogens with zero attached hydrogens (tertiary/aromatic N) is 3. The van der Waals surface area contributed by atoms with Gasteiger partial charge in [0.1, 0.15) is 5.75 Å². The van der Waals surface area contributed by atoms with Crippen LogP contribution in [0.5, 0.6) is 5.75 Å². The van der Waals surface area contributed by atoms with E-state index in [0.29, 0.717) is 51.7 Å². The normalized spacial score (nSPS) is 15.1. The molecule has 1 unspecified atom stereocenters. The third kappa shape index (κ3) is 5.78. The van der Waals surface area contributed by atoms with Crippen molar-refractivity contribution in [3.63, 3.8) is 0 Å². The summed E-state index contributed by atoms with van der Waals surface area (Å²) in [6, 6.07) is 16.1. The smallest absolute Gasteiger partial charge is 0.260 e. The molecule has 3 aromatic rings. The number of rotatable bonds is 9. The number of carbonyl (C=O) groups excluding carboxylic acids is 1. The number of aliphatic hydroxyl groups is 1. The van der Waals surface area contributed by atoms with Crippen molar-refractivity contribution in [1.82, 2.24) is 14.4 Å². The predicted octanol–water partition coefficient (Wildman–Crippen LogP) is 2.99. The predicted molar refractivity (Wildman–Crippen MR) is 133 cm³/mol. The second kappa shape index (κ2) is 11.0. The SMILES string of the molecule is Cc1c(C)n(CC(O)CN(C)Cc2ccc(OCC(=O)N3CCOCC3)cc2)c2ccccc12. The lowest BCUT2D eigenvalue weighted by Gasteiger charge is -2.26. The topological polar surface area (TPSA) is 67.2 Å². The third-order valence-electron chi connectivity index (χ3n) is 6.56. The van der Waals surface area contributed by atoms with E-state index in [4.69, 9.17) is 9.47 Å². The summed E-state index contributed by atoms with van der Waals surface area (Å²) in [5.41, 5.74) is 4.76. The Balaban J connectivity index is 1.26. The summed E-state index contributed by atoms with van der Waals surface area (Å²) >= 11 is 0. The molecule has 1 atom stereocenters. The van der Waals surface area contributed by atoms with E-state index in [9.17, 15) is 9.90 Å². The molecule has 1 saturated heterocycles. The Morgan fingerprint density at radius 2 is 1.82 bits per heavy atom. The zero-order chi connectivity index (χ0) is 24.1. The molecule has 4 rings (SSSR count). The van der Waals surface area contributed by atoms with Gasteiger partial charge in [0.15, 0.2) is 6.61 Å². The fraction of sp³-hybridized carbons (Fsp3) is 0.444. The van der Waals surface area contributed by atoms with Crippen molar-refractivity contribution < 1.29 is 19.4 Å². The number of carbonyl (C=O) groups is 1. The molecule has 0 radical (unpaired) electrons. The van der Waals surface area contributed by atoms with Crippen LogP contribution in [0.2, 0.25) is 0 Å². The van der Waals surface area contributed by atoms with Gasteiger partial charge in [0.05, 0.1) is 25.9 Å². The number of amides is 1. The molecular formula is C27H35N3O4. The number of likely N-dealkylation sites (N-methyl/N-ethyl adjacent to an activating group) is 1. The average Bonchev–Trinajstić information content (AvgIpc) is 3.08. The first-order valence-corrected chi connectivity index (χ1v) is 11.9. The number of aliphatic hydroxyl groups excluding tert-OH is 1. The zero-order valence-corrected chi connectivity index (χ0v) is 20.4. The van der Waals surface area contributed by atoms with E-state index in [1.807, 2.05) is 37.4 Å². The number of fused-ring (bicyclic) bond motifs is 1. The van der Waals surface area contributed by atoms with Crippen molar-refractivity contribution in [2.24, 2.45) is 0 Å². The molecule has 1 N–H and O–H groups in total. The molecule has 34 heavy (non-hydrogen) atoms. The minimum Gasteiger partial charge on any atom is -0.484 e. The molecule has 7 heteroatoms. The molecule has 1 fully saturated rings. The number of hydrogen-bond donors (Lipinski definition) is 1. The molecule has 0 aliphatic carbocycles. The van der Waals surface area contributed by atoms with Crippen molar-refractivity contribution in [1.29, 1.82) is 0 Å². The fourth-order valence-electron chi connectivity index (χ4n) is 4.58. The zero-order valence-electron chi connectivity index (χ0n) is 20.4.